The summed E-state index contributed by atoms with van der Waals surface area (Å²) in [4.78, 5) is 22.7. The lowest BCUT2D eigenvalue weighted by Crippen LogP contribution is -2.08. The number of benzene rings is 1. The summed E-state index contributed by atoms with van der Waals surface area (Å²) in [5.74, 6) is 0.610. The number of rotatable bonds is 1. The highest BCUT2D eigenvalue weighted by molar-refractivity contribution is 5.83. The summed E-state index contributed by atoms with van der Waals surface area (Å²) in [5.41, 5.74) is 2.33. The SMILES string of the molecule is Cc1nc(-c2ccc3cccnc3c2)cc(=O)[nH]1. The lowest BCUT2D eigenvalue weighted by molar-refractivity contribution is 1.02. The lowest BCUT2D eigenvalue weighted by Gasteiger charge is -2.03. The summed E-state index contributed by atoms with van der Waals surface area (Å²) in [5, 5.41) is 1.07. The molecule has 0 amide bonds. The molecule has 2 aromatic heterocycles. The summed E-state index contributed by atoms with van der Waals surface area (Å²) in [6.45, 7) is 1.77. The molecule has 0 atom stereocenters. The van der Waals surface area contributed by atoms with Gasteiger partial charge in [0, 0.05) is 23.2 Å². The first kappa shape index (κ1) is 10.7. The fourth-order valence-electron chi connectivity index (χ4n) is 1.95. The first-order chi connectivity index (χ1) is 8.72. The van der Waals surface area contributed by atoms with Crippen LogP contribution in [0.5, 0.6) is 0 Å². The standard InChI is InChI=1S/C14H11N3O/c1-9-16-13(8-14(18)17-9)11-5-4-10-3-2-6-15-12(10)7-11/h2-8H,1H3,(H,16,17,18). The van der Waals surface area contributed by atoms with Gasteiger partial charge in [-0.1, -0.05) is 18.2 Å². The molecule has 0 radical (unpaired) electrons. The van der Waals surface area contributed by atoms with Gasteiger partial charge in [-0.2, -0.15) is 0 Å². The number of pyridine rings is 1. The molecule has 4 heteroatoms. The first-order valence-electron chi connectivity index (χ1n) is 5.65. The van der Waals surface area contributed by atoms with E-state index in [1.54, 1.807) is 13.1 Å². The molecule has 0 aliphatic carbocycles. The van der Waals surface area contributed by atoms with E-state index in [9.17, 15) is 4.79 Å². The van der Waals surface area contributed by atoms with Gasteiger partial charge in [-0.15, -0.1) is 0 Å². The second-order valence-electron chi connectivity index (χ2n) is 4.13. The van der Waals surface area contributed by atoms with Gasteiger partial charge in [0.05, 0.1) is 11.2 Å². The highest BCUT2D eigenvalue weighted by Crippen LogP contribution is 2.20. The number of nitrogens with one attached hydrogen (secondary N) is 1. The van der Waals surface area contributed by atoms with Crippen LogP contribution in [0.2, 0.25) is 0 Å². The summed E-state index contributed by atoms with van der Waals surface area (Å²) >= 11 is 0. The van der Waals surface area contributed by atoms with Crippen LogP contribution in [0.25, 0.3) is 22.2 Å². The minimum absolute atomic E-state index is 0.140. The van der Waals surface area contributed by atoms with Gasteiger partial charge in [0.15, 0.2) is 0 Å². The molecule has 0 saturated heterocycles. The smallest absolute Gasteiger partial charge is 0.251 e. The van der Waals surface area contributed by atoms with Crippen LogP contribution in [-0.2, 0) is 0 Å². The number of aromatic amines is 1. The number of H-pyrrole nitrogens is 1. The highest BCUT2D eigenvalue weighted by atomic mass is 16.1. The second-order valence-corrected chi connectivity index (χ2v) is 4.13. The Morgan fingerprint density at radius 3 is 2.89 bits per heavy atom. The quantitative estimate of drug-likeness (QED) is 0.706. The maximum Gasteiger partial charge on any atom is 0.251 e. The molecule has 1 N–H and O–H groups in total. The monoisotopic (exact) mass is 237 g/mol. The third-order valence-corrected chi connectivity index (χ3v) is 2.76. The van der Waals surface area contributed by atoms with E-state index in [-0.39, 0.29) is 5.56 Å². The number of nitrogens with zero attached hydrogens (tertiary/aromatic N) is 2. The van der Waals surface area contributed by atoms with E-state index in [2.05, 4.69) is 15.0 Å². The van der Waals surface area contributed by atoms with Crippen molar-refractivity contribution in [1.82, 2.24) is 15.0 Å². The normalized spacial score (nSPS) is 10.7. The van der Waals surface area contributed by atoms with Crippen LogP contribution in [0.1, 0.15) is 5.82 Å². The number of aromatic nitrogens is 3. The van der Waals surface area contributed by atoms with Crippen molar-refractivity contribution in [1.29, 1.82) is 0 Å². The van der Waals surface area contributed by atoms with Gasteiger partial charge in [0.25, 0.3) is 5.56 Å². The number of hydrogen-bond donors (Lipinski definition) is 1. The lowest BCUT2D eigenvalue weighted by atomic mass is 10.1. The molecule has 3 rings (SSSR count). The van der Waals surface area contributed by atoms with Crippen LogP contribution in [0.4, 0.5) is 0 Å². The Labute approximate surface area is 103 Å². The Balaban J connectivity index is 2.22. The summed E-state index contributed by atoms with van der Waals surface area (Å²) in [6, 6.07) is 11.3. The predicted molar refractivity (Wildman–Crippen MR) is 70.3 cm³/mol. The van der Waals surface area contributed by atoms with Crippen LogP contribution >= 0.6 is 0 Å². The maximum absolute atomic E-state index is 11.4. The van der Waals surface area contributed by atoms with Crippen LogP contribution in [0, 0.1) is 6.92 Å². The van der Waals surface area contributed by atoms with Gasteiger partial charge in [-0.25, -0.2) is 4.98 Å². The molecule has 0 aliphatic rings. The van der Waals surface area contributed by atoms with Gasteiger partial charge < -0.3 is 4.98 Å². The van der Waals surface area contributed by atoms with E-state index in [0.717, 1.165) is 16.5 Å². The van der Waals surface area contributed by atoms with Crippen molar-refractivity contribution in [2.45, 2.75) is 6.92 Å². The number of hydrogen-bond acceptors (Lipinski definition) is 3. The Morgan fingerprint density at radius 1 is 1.17 bits per heavy atom. The molecule has 0 spiro atoms. The molecular formula is C14H11N3O. The topological polar surface area (TPSA) is 58.6 Å². The van der Waals surface area contributed by atoms with E-state index in [4.69, 9.17) is 0 Å². The van der Waals surface area contributed by atoms with Crippen LogP contribution in [0.15, 0.2) is 47.4 Å². The van der Waals surface area contributed by atoms with Gasteiger partial charge in [0.2, 0.25) is 0 Å². The van der Waals surface area contributed by atoms with Crippen molar-refractivity contribution in [3.63, 3.8) is 0 Å². The van der Waals surface area contributed by atoms with E-state index >= 15 is 0 Å². The third-order valence-electron chi connectivity index (χ3n) is 2.76. The second kappa shape index (κ2) is 4.07. The molecule has 3 aromatic rings. The van der Waals surface area contributed by atoms with Gasteiger partial charge in [-0.05, 0) is 19.1 Å². The van der Waals surface area contributed by atoms with Gasteiger partial charge in [-0.3, -0.25) is 9.78 Å². The maximum atomic E-state index is 11.4. The van der Waals surface area contributed by atoms with E-state index in [1.807, 2.05) is 30.3 Å². The van der Waals surface area contributed by atoms with Crippen LogP contribution in [0.3, 0.4) is 0 Å². The Morgan fingerprint density at radius 2 is 2.06 bits per heavy atom. The molecule has 2 heterocycles. The fourth-order valence-corrected chi connectivity index (χ4v) is 1.95. The average molecular weight is 237 g/mol. The minimum Gasteiger partial charge on any atom is -0.311 e. The molecule has 0 fully saturated rings. The largest absolute Gasteiger partial charge is 0.311 e. The molecule has 18 heavy (non-hydrogen) atoms. The molecule has 1 aromatic carbocycles. The molecule has 4 nitrogen and oxygen atoms in total. The minimum atomic E-state index is -0.140. The molecule has 0 saturated carbocycles. The van der Waals surface area contributed by atoms with Crippen molar-refractivity contribution in [3.05, 3.63) is 58.8 Å². The molecule has 0 bridgehead atoms. The van der Waals surface area contributed by atoms with Crippen molar-refractivity contribution < 1.29 is 0 Å². The average Bonchev–Trinajstić information content (AvgIpc) is 2.37. The van der Waals surface area contributed by atoms with Crippen molar-refractivity contribution in [3.8, 4) is 11.3 Å². The third kappa shape index (κ3) is 1.88. The first-order valence-corrected chi connectivity index (χ1v) is 5.65. The molecule has 0 unspecified atom stereocenters. The van der Waals surface area contributed by atoms with Crippen molar-refractivity contribution >= 4 is 10.9 Å². The Bertz CT molecular complexity index is 777. The molecule has 0 aliphatic heterocycles. The molecular weight excluding hydrogens is 226 g/mol. The van der Waals surface area contributed by atoms with E-state index < -0.39 is 0 Å². The van der Waals surface area contributed by atoms with E-state index in [0.29, 0.717) is 11.5 Å². The summed E-state index contributed by atoms with van der Waals surface area (Å²) < 4.78 is 0. The molecule has 88 valence electrons. The summed E-state index contributed by atoms with van der Waals surface area (Å²) in [7, 11) is 0. The van der Waals surface area contributed by atoms with Crippen molar-refractivity contribution in [2.75, 3.05) is 0 Å². The predicted octanol–water partition coefficient (Wildman–Crippen LogP) is 2.29. The summed E-state index contributed by atoms with van der Waals surface area (Å²) in [6.07, 6.45) is 1.75. The zero-order valence-corrected chi connectivity index (χ0v) is 9.84. The van der Waals surface area contributed by atoms with Crippen LogP contribution < -0.4 is 5.56 Å². The number of aryl methyl sites for hydroxylation is 1. The van der Waals surface area contributed by atoms with E-state index in [1.165, 1.54) is 6.07 Å². The zero-order valence-electron chi connectivity index (χ0n) is 9.84. The zero-order chi connectivity index (χ0) is 12.5. The Hall–Kier alpha value is -2.49. The van der Waals surface area contributed by atoms with Gasteiger partial charge >= 0.3 is 0 Å². The van der Waals surface area contributed by atoms with Crippen LogP contribution in [-0.4, -0.2) is 15.0 Å². The van der Waals surface area contributed by atoms with Crippen molar-refractivity contribution in [2.24, 2.45) is 0 Å². The highest BCUT2D eigenvalue weighted by Gasteiger charge is 2.03. The fraction of sp³-hybridized carbons (Fsp3) is 0.0714. The Kier molecular flexibility index (Phi) is 2.41. The number of fused-ring (bicyclic) bond motifs is 1. The van der Waals surface area contributed by atoms with Gasteiger partial charge in [0.1, 0.15) is 5.82 Å².